The lowest BCUT2D eigenvalue weighted by molar-refractivity contribution is 0.373. The lowest BCUT2D eigenvalue weighted by Crippen LogP contribution is -2.34. The summed E-state index contributed by atoms with van der Waals surface area (Å²) < 4.78 is 0. The molecule has 1 saturated carbocycles. The zero-order chi connectivity index (χ0) is 13.1. The molecule has 0 radical (unpaired) electrons. The lowest BCUT2D eigenvalue weighted by atomic mass is 9.95. The van der Waals surface area contributed by atoms with Crippen molar-refractivity contribution in [2.75, 3.05) is 6.54 Å². The fraction of sp³-hybridized carbons (Fsp3) is 1.00. The van der Waals surface area contributed by atoms with Crippen LogP contribution in [0.1, 0.15) is 84.0 Å². The molecular weight excluding hydrogens is 242 g/mol. The van der Waals surface area contributed by atoms with Crippen molar-refractivity contribution in [3.8, 4) is 0 Å². The van der Waals surface area contributed by atoms with Gasteiger partial charge in [0.15, 0.2) is 0 Å². The van der Waals surface area contributed by atoms with Gasteiger partial charge in [0.1, 0.15) is 0 Å². The van der Waals surface area contributed by atoms with Crippen LogP contribution < -0.4 is 5.32 Å². The van der Waals surface area contributed by atoms with E-state index in [-0.39, 0.29) is 0 Å². The molecule has 0 unspecified atom stereocenters. The van der Waals surface area contributed by atoms with Gasteiger partial charge in [-0.3, -0.25) is 0 Å². The summed E-state index contributed by atoms with van der Waals surface area (Å²) in [5.74, 6) is 0. The number of hydrogen-bond donors (Lipinski definition) is 1. The van der Waals surface area contributed by atoms with Crippen LogP contribution in [0, 0.1) is 0 Å². The summed E-state index contributed by atoms with van der Waals surface area (Å²) in [6.07, 6.45) is 16.3. The van der Waals surface area contributed by atoms with Crippen molar-refractivity contribution < 1.29 is 0 Å². The van der Waals surface area contributed by atoms with Gasteiger partial charge in [0.2, 0.25) is 0 Å². The predicted molar refractivity (Wildman–Crippen MR) is 82.5 cm³/mol. The van der Waals surface area contributed by atoms with Crippen molar-refractivity contribution in [3.05, 3.63) is 0 Å². The molecule has 0 amide bonds. The number of hydrogen-bond acceptors (Lipinski definition) is 1. The highest BCUT2D eigenvalue weighted by Gasteiger charge is 2.18. The minimum Gasteiger partial charge on any atom is -0.314 e. The second-order valence-corrected chi connectivity index (χ2v) is 6.50. The molecule has 0 aromatic rings. The summed E-state index contributed by atoms with van der Waals surface area (Å²) in [7, 11) is 0. The van der Waals surface area contributed by atoms with Crippen molar-refractivity contribution >= 4 is 11.6 Å². The Morgan fingerprint density at radius 3 is 2.00 bits per heavy atom. The van der Waals surface area contributed by atoms with Crippen molar-refractivity contribution in [2.24, 2.45) is 0 Å². The summed E-state index contributed by atoms with van der Waals surface area (Å²) in [6, 6.07) is 0.754. The molecule has 0 aliphatic heterocycles. The Labute approximate surface area is 119 Å². The zero-order valence-corrected chi connectivity index (χ0v) is 13.0. The molecule has 0 spiro atoms. The number of halogens is 1. The average Bonchev–Trinajstić information content (AvgIpc) is 2.39. The predicted octanol–water partition coefficient (Wildman–Crippen LogP) is 5.27. The lowest BCUT2D eigenvalue weighted by Gasteiger charge is -2.25. The van der Waals surface area contributed by atoms with Crippen LogP contribution in [0.4, 0.5) is 0 Å². The number of unbranched alkanes of at least 4 members (excludes halogenated alkanes) is 7. The molecule has 2 heteroatoms. The van der Waals surface area contributed by atoms with Gasteiger partial charge in [0.25, 0.3) is 0 Å². The van der Waals surface area contributed by atoms with Crippen molar-refractivity contribution in [1.29, 1.82) is 0 Å². The summed E-state index contributed by atoms with van der Waals surface area (Å²) in [5.41, 5.74) is 0. The van der Waals surface area contributed by atoms with E-state index in [4.69, 9.17) is 11.6 Å². The number of nitrogens with one attached hydrogen (secondary N) is 1. The molecule has 0 aromatic heterocycles. The van der Waals surface area contributed by atoms with Gasteiger partial charge < -0.3 is 5.32 Å². The Bertz CT molecular complexity index is 176. The Hall–Kier alpha value is 0.250. The fourth-order valence-corrected chi connectivity index (χ4v) is 3.07. The van der Waals surface area contributed by atoms with Crippen molar-refractivity contribution in [1.82, 2.24) is 5.32 Å². The minimum absolute atomic E-state index is 0.450. The van der Waals surface area contributed by atoms with Crippen LogP contribution in [0.15, 0.2) is 0 Å². The van der Waals surface area contributed by atoms with E-state index in [0.717, 1.165) is 6.04 Å². The topological polar surface area (TPSA) is 12.0 Å². The van der Waals surface area contributed by atoms with E-state index in [1.54, 1.807) is 0 Å². The molecule has 1 rings (SSSR count). The first-order chi connectivity index (χ1) is 8.83. The zero-order valence-electron chi connectivity index (χ0n) is 12.2. The van der Waals surface area contributed by atoms with Gasteiger partial charge in [-0.1, -0.05) is 51.9 Å². The molecule has 0 bridgehead atoms. The maximum absolute atomic E-state index is 6.11. The normalized spacial score (nSPS) is 24.3. The molecule has 1 nitrogen and oxygen atoms in total. The van der Waals surface area contributed by atoms with E-state index in [9.17, 15) is 0 Å². The van der Waals surface area contributed by atoms with Crippen molar-refractivity contribution in [2.45, 2.75) is 95.4 Å². The Kier molecular flexibility index (Phi) is 10.1. The van der Waals surface area contributed by atoms with E-state index in [2.05, 4.69) is 12.2 Å². The number of rotatable bonds is 10. The van der Waals surface area contributed by atoms with Gasteiger partial charge in [-0.2, -0.15) is 0 Å². The number of alkyl halides is 1. The molecule has 1 fully saturated rings. The quantitative estimate of drug-likeness (QED) is 0.422. The van der Waals surface area contributed by atoms with Gasteiger partial charge in [0, 0.05) is 11.4 Å². The molecular formula is C16H32ClN. The van der Waals surface area contributed by atoms with Gasteiger partial charge in [-0.15, -0.1) is 11.6 Å². The van der Waals surface area contributed by atoms with Gasteiger partial charge >= 0.3 is 0 Å². The fourth-order valence-electron chi connectivity index (χ4n) is 2.82. The Morgan fingerprint density at radius 2 is 1.39 bits per heavy atom. The molecule has 0 saturated heterocycles. The molecule has 0 heterocycles. The van der Waals surface area contributed by atoms with Gasteiger partial charge in [-0.05, 0) is 38.6 Å². The van der Waals surface area contributed by atoms with Crippen LogP contribution in [-0.4, -0.2) is 18.0 Å². The van der Waals surface area contributed by atoms with Crippen LogP contribution in [0.25, 0.3) is 0 Å². The van der Waals surface area contributed by atoms with Crippen molar-refractivity contribution in [3.63, 3.8) is 0 Å². The standard InChI is InChI=1S/C16H32ClN/c1-2-3-4-5-6-7-8-9-14-18-16-12-10-15(17)11-13-16/h15-16,18H,2-14H2,1H3. The first kappa shape index (κ1) is 16.3. The van der Waals surface area contributed by atoms with Crippen LogP contribution in [0.3, 0.4) is 0 Å². The molecule has 0 atom stereocenters. The molecule has 18 heavy (non-hydrogen) atoms. The summed E-state index contributed by atoms with van der Waals surface area (Å²) in [4.78, 5) is 0. The maximum atomic E-state index is 6.11. The van der Waals surface area contributed by atoms with Crippen LogP contribution in [0.5, 0.6) is 0 Å². The average molecular weight is 274 g/mol. The largest absolute Gasteiger partial charge is 0.314 e. The monoisotopic (exact) mass is 273 g/mol. The van der Waals surface area contributed by atoms with Crippen LogP contribution in [0.2, 0.25) is 0 Å². The second-order valence-electron chi connectivity index (χ2n) is 5.88. The first-order valence-corrected chi connectivity index (χ1v) is 8.64. The highest BCUT2D eigenvalue weighted by Crippen LogP contribution is 2.22. The SMILES string of the molecule is CCCCCCCCCCNC1CCC(Cl)CC1. The molecule has 1 aliphatic carbocycles. The van der Waals surface area contributed by atoms with E-state index in [0.29, 0.717) is 5.38 Å². The minimum atomic E-state index is 0.450. The maximum Gasteiger partial charge on any atom is 0.0337 e. The molecule has 0 aromatic carbocycles. The third kappa shape index (κ3) is 8.37. The highest BCUT2D eigenvalue weighted by molar-refractivity contribution is 6.20. The van der Waals surface area contributed by atoms with Crippen LogP contribution in [-0.2, 0) is 0 Å². The van der Waals surface area contributed by atoms with Gasteiger partial charge in [0.05, 0.1) is 0 Å². The van der Waals surface area contributed by atoms with E-state index < -0.39 is 0 Å². The molecule has 1 aliphatic rings. The third-order valence-corrected chi connectivity index (χ3v) is 4.56. The highest BCUT2D eigenvalue weighted by atomic mass is 35.5. The molecule has 1 N–H and O–H groups in total. The smallest absolute Gasteiger partial charge is 0.0337 e. The van der Waals surface area contributed by atoms with E-state index in [1.165, 1.54) is 83.6 Å². The Balaban J connectivity index is 1.78. The second kappa shape index (κ2) is 11.1. The van der Waals surface area contributed by atoms with E-state index in [1.807, 2.05) is 0 Å². The summed E-state index contributed by atoms with van der Waals surface area (Å²) in [5, 5.41) is 4.14. The van der Waals surface area contributed by atoms with Gasteiger partial charge in [-0.25, -0.2) is 0 Å². The Morgan fingerprint density at radius 1 is 0.833 bits per heavy atom. The first-order valence-electron chi connectivity index (χ1n) is 8.20. The third-order valence-electron chi connectivity index (χ3n) is 4.12. The molecule has 108 valence electrons. The summed E-state index contributed by atoms with van der Waals surface area (Å²) in [6.45, 7) is 3.50. The van der Waals surface area contributed by atoms with Crippen LogP contribution >= 0.6 is 11.6 Å². The summed E-state index contributed by atoms with van der Waals surface area (Å²) >= 11 is 6.11. The van der Waals surface area contributed by atoms with E-state index >= 15 is 0 Å².